The average Bonchev–Trinajstić information content (AvgIpc) is 3.54. The number of benzene rings is 1. The first kappa shape index (κ1) is 28.6. The number of amides is 4. The second kappa shape index (κ2) is 10.8. The molecule has 1 aromatic carbocycles. The van der Waals surface area contributed by atoms with Crippen molar-refractivity contribution in [3.8, 4) is 5.75 Å². The van der Waals surface area contributed by atoms with Crippen LogP contribution in [0.4, 0.5) is 4.79 Å². The third-order valence-corrected chi connectivity index (χ3v) is 8.96. The molecule has 3 aliphatic rings. The molecule has 2 atom stereocenters. The summed E-state index contributed by atoms with van der Waals surface area (Å²) in [6.45, 7) is 6.64. The molecule has 0 radical (unpaired) electrons. The van der Waals surface area contributed by atoms with E-state index in [1.165, 1.54) is 56.7 Å². The fourth-order valence-corrected chi connectivity index (χ4v) is 6.49. The fourth-order valence-electron chi connectivity index (χ4n) is 5.15. The number of hydrogen-bond acceptors (Lipinski definition) is 9. The van der Waals surface area contributed by atoms with Crippen LogP contribution in [-0.2, 0) is 19.1 Å². The fraction of sp³-hybridized carbons (Fsp3) is 0.429. The molecule has 3 aliphatic heterocycles. The lowest BCUT2D eigenvalue weighted by molar-refractivity contribution is -0.455. The summed E-state index contributed by atoms with van der Waals surface area (Å²) >= 11 is 1.20. The lowest BCUT2D eigenvalue weighted by Gasteiger charge is -2.40. The number of rotatable bonds is 9. The highest BCUT2D eigenvalue weighted by molar-refractivity contribution is 8.22. The van der Waals surface area contributed by atoms with E-state index in [1.807, 2.05) is 18.2 Å². The maximum absolute atomic E-state index is 14.1. The van der Waals surface area contributed by atoms with Gasteiger partial charge in [0.15, 0.2) is 11.0 Å². The van der Waals surface area contributed by atoms with Crippen molar-refractivity contribution < 1.29 is 42.8 Å². The molecule has 0 spiro atoms. The summed E-state index contributed by atoms with van der Waals surface area (Å²) in [6.07, 6.45) is 1.89. The summed E-state index contributed by atoms with van der Waals surface area (Å²) in [5.74, 6) is -2.08. The highest BCUT2D eigenvalue weighted by atomic mass is 32.2. The summed E-state index contributed by atoms with van der Waals surface area (Å²) in [5, 5.41) is 10.4. The number of thioether (sulfide) groups is 1. The molecule has 4 heterocycles. The Morgan fingerprint density at radius 2 is 1.98 bits per heavy atom. The number of carboxylic acid groups (broad SMARTS) is 1. The summed E-state index contributed by atoms with van der Waals surface area (Å²) < 4.78 is 19.0. The topological polar surface area (TPSA) is 142 Å². The molecule has 41 heavy (non-hydrogen) atoms. The predicted octanol–water partition coefficient (Wildman–Crippen LogP) is 3.00. The van der Waals surface area contributed by atoms with Gasteiger partial charge in [-0.05, 0) is 44.2 Å². The Hall–Kier alpha value is -3.97. The number of nitrogens with zero attached hydrogens (tertiary/aromatic N) is 4. The molecule has 216 valence electrons. The van der Waals surface area contributed by atoms with Gasteiger partial charge in [-0.3, -0.25) is 4.79 Å². The largest absolute Gasteiger partial charge is 0.502 e. The van der Waals surface area contributed by atoms with Gasteiger partial charge in [-0.25, -0.2) is 14.6 Å². The maximum atomic E-state index is 14.1. The molecule has 2 aromatic rings. The van der Waals surface area contributed by atoms with Gasteiger partial charge in [0.25, 0.3) is 0 Å². The first-order valence-electron chi connectivity index (χ1n) is 13.0. The van der Waals surface area contributed by atoms with Crippen LogP contribution in [0, 0.1) is 5.92 Å². The SMILES string of the molecule is COc1ccccc1C(C[N+]1=C2SC(c3ncco3)=C(C)C2C(=O)N(C(C)(C)C(=O)O)C1=O)OC1CN(C(C)=O)C1. The summed E-state index contributed by atoms with van der Waals surface area (Å²) in [5.41, 5.74) is -0.555. The van der Waals surface area contributed by atoms with E-state index in [9.17, 15) is 24.3 Å². The molecule has 13 heteroatoms. The van der Waals surface area contributed by atoms with E-state index in [1.54, 1.807) is 17.9 Å². The molecule has 12 nitrogen and oxygen atoms in total. The molecule has 0 bridgehead atoms. The molecule has 4 amide bonds. The van der Waals surface area contributed by atoms with Crippen molar-refractivity contribution in [1.82, 2.24) is 14.8 Å². The van der Waals surface area contributed by atoms with Gasteiger partial charge in [0.1, 0.15) is 24.7 Å². The molecular formula is C28H31N4O8S+. The zero-order chi connectivity index (χ0) is 29.6. The van der Waals surface area contributed by atoms with E-state index < -0.39 is 35.5 Å². The minimum Gasteiger partial charge on any atom is -0.496 e. The van der Waals surface area contributed by atoms with Crippen LogP contribution in [0.2, 0.25) is 0 Å². The normalized spacial score (nSPS) is 20.4. The van der Waals surface area contributed by atoms with E-state index in [0.717, 1.165) is 4.90 Å². The molecule has 2 unspecified atom stereocenters. The van der Waals surface area contributed by atoms with Gasteiger partial charge >= 0.3 is 17.9 Å². The number of aliphatic carboxylic acids is 1. The first-order chi connectivity index (χ1) is 19.4. The number of likely N-dealkylation sites (tertiary alicyclic amines) is 1. The summed E-state index contributed by atoms with van der Waals surface area (Å²) in [7, 11) is 1.53. The van der Waals surface area contributed by atoms with Crippen molar-refractivity contribution in [1.29, 1.82) is 0 Å². The van der Waals surface area contributed by atoms with Crippen LogP contribution in [0.1, 0.15) is 45.3 Å². The monoisotopic (exact) mass is 583 g/mol. The number of carbonyl (C=O) groups excluding carboxylic acids is 3. The Balaban J connectivity index is 1.60. The molecule has 0 aliphatic carbocycles. The number of para-hydroxylation sites is 1. The molecular weight excluding hydrogens is 552 g/mol. The molecule has 1 N–H and O–H groups in total. The van der Waals surface area contributed by atoms with Crippen LogP contribution in [0.5, 0.6) is 5.75 Å². The molecule has 5 rings (SSSR count). The number of urea groups is 1. The Kier molecular flexibility index (Phi) is 7.51. The van der Waals surface area contributed by atoms with Crippen LogP contribution in [0.15, 0.2) is 46.7 Å². The highest BCUT2D eigenvalue weighted by Gasteiger charge is 2.60. The lowest BCUT2D eigenvalue weighted by Crippen LogP contribution is -2.64. The number of imide groups is 1. The minimum absolute atomic E-state index is 0.0414. The van der Waals surface area contributed by atoms with Gasteiger partial charge in [-0.2, -0.15) is 9.37 Å². The Morgan fingerprint density at radius 3 is 2.59 bits per heavy atom. The number of ether oxygens (including phenoxy) is 2. The molecule has 1 saturated heterocycles. The van der Waals surface area contributed by atoms with E-state index in [-0.39, 0.29) is 18.6 Å². The number of aromatic nitrogens is 1. The van der Waals surface area contributed by atoms with Gasteiger partial charge in [0.2, 0.25) is 17.3 Å². The average molecular weight is 584 g/mol. The number of carboxylic acids is 1. The Bertz CT molecular complexity index is 1480. The van der Waals surface area contributed by atoms with Crippen LogP contribution in [0.3, 0.4) is 0 Å². The Labute approximate surface area is 240 Å². The number of carbonyl (C=O) groups is 4. The van der Waals surface area contributed by atoms with Crippen LogP contribution < -0.4 is 4.74 Å². The molecule has 0 saturated carbocycles. The van der Waals surface area contributed by atoms with Crippen LogP contribution in [-0.4, -0.2) is 91.7 Å². The van der Waals surface area contributed by atoms with Crippen molar-refractivity contribution in [2.75, 3.05) is 26.7 Å². The van der Waals surface area contributed by atoms with Crippen molar-refractivity contribution in [2.45, 2.75) is 45.4 Å². The van der Waals surface area contributed by atoms with Gasteiger partial charge in [-0.15, -0.1) is 4.90 Å². The number of oxazole rings is 1. The minimum atomic E-state index is -1.83. The number of fused-ring (bicyclic) bond motifs is 1. The van der Waals surface area contributed by atoms with E-state index in [2.05, 4.69) is 4.98 Å². The molecule has 1 aromatic heterocycles. The summed E-state index contributed by atoms with van der Waals surface area (Å²) in [6, 6.07) is 6.47. The van der Waals surface area contributed by atoms with Gasteiger partial charge in [-0.1, -0.05) is 18.2 Å². The lowest BCUT2D eigenvalue weighted by atomic mass is 9.93. The predicted molar refractivity (Wildman–Crippen MR) is 147 cm³/mol. The molecule has 1 fully saturated rings. The van der Waals surface area contributed by atoms with Crippen LogP contribution in [0.25, 0.3) is 4.91 Å². The highest BCUT2D eigenvalue weighted by Crippen LogP contribution is 2.47. The first-order valence-corrected chi connectivity index (χ1v) is 13.9. The zero-order valence-electron chi connectivity index (χ0n) is 23.3. The van der Waals surface area contributed by atoms with Crippen LogP contribution >= 0.6 is 11.8 Å². The third-order valence-electron chi connectivity index (χ3n) is 7.59. The van der Waals surface area contributed by atoms with E-state index in [4.69, 9.17) is 13.9 Å². The smallest absolute Gasteiger partial charge is 0.496 e. The van der Waals surface area contributed by atoms with Crippen molar-refractivity contribution >= 4 is 45.5 Å². The standard InChI is InChI=1S/C28H30N4O8S/c1-15-21-24(34)32(28(3,4)26(35)36)27(37)31(25(21)41-22(15)23-29-10-11-39-23)14-20(18-8-6-7-9-19(18)38-5)40-17-12-30(13-17)16(2)33/h6-11,17,20-21H,12-14H2,1-5H3/p+1. The number of hydrogen-bond donors (Lipinski definition) is 1. The van der Waals surface area contributed by atoms with Crippen molar-refractivity contribution in [3.63, 3.8) is 0 Å². The number of methoxy groups -OCH3 is 1. The van der Waals surface area contributed by atoms with E-state index in [0.29, 0.717) is 45.8 Å². The van der Waals surface area contributed by atoms with E-state index >= 15 is 0 Å². The second-order valence-electron chi connectivity index (χ2n) is 10.6. The quantitative estimate of drug-likeness (QED) is 0.438. The van der Waals surface area contributed by atoms with Crippen molar-refractivity contribution in [2.24, 2.45) is 5.92 Å². The summed E-state index contributed by atoms with van der Waals surface area (Å²) in [4.78, 5) is 59.2. The second-order valence-corrected chi connectivity index (χ2v) is 11.6. The Morgan fingerprint density at radius 1 is 1.27 bits per heavy atom. The van der Waals surface area contributed by atoms with Crippen molar-refractivity contribution in [3.05, 3.63) is 53.8 Å². The third kappa shape index (κ3) is 4.93. The maximum Gasteiger partial charge on any atom is 0.502 e. The van der Waals surface area contributed by atoms with Gasteiger partial charge in [0, 0.05) is 25.6 Å². The van der Waals surface area contributed by atoms with Gasteiger partial charge < -0.3 is 23.9 Å². The van der Waals surface area contributed by atoms with Gasteiger partial charge in [0.05, 0.1) is 24.3 Å². The zero-order valence-corrected chi connectivity index (χ0v) is 24.1.